The third-order valence-electron chi connectivity index (χ3n) is 5.25. The van der Waals surface area contributed by atoms with Gasteiger partial charge in [-0.1, -0.05) is 23.7 Å². The van der Waals surface area contributed by atoms with Crippen LogP contribution in [0, 0.1) is 0 Å². The maximum atomic E-state index is 12.9. The van der Waals surface area contributed by atoms with E-state index in [-0.39, 0.29) is 17.1 Å². The van der Waals surface area contributed by atoms with Crippen LogP contribution in [0.15, 0.2) is 23.2 Å². The molecule has 1 heterocycles. The van der Waals surface area contributed by atoms with Crippen molar-refractivity contribution in [2.45, 2.75) is 49.5 Å². The summed E-state index contributed by atoms with van der Waals surface area (Å²) in [6.45, 7) is 1.58. The minimum Gasteiger partial charge on any atom is -0.463 e. The van der Waals surface area contributed by atoms with Crippen molar-refractivity contribution < 1.29 is 33.0 Å². The Bertz CT molecular complexity index is 901. The van der Waals surface area contributed by atoms with E-state index in [1.165, 1.54) is 0 Å². The van der Waals surface area contributed by atoms with Gasteiger partial charge in [0.15, 0.2) is 5.60 Å². The highest BCUT2D eigenvalue weighted by atomic mass is 35.5. The highest BCUT2D eigenvalue weighted by Gasteiger charge is 2.64. The van der Waals surface area contributed by atoms with Gasteiger partial charge in [-0.3, -0.25) is 9.69 Å². The lowest BCUT2D eigenvalue weighted by molar-refractivity contribution is -0.296. The van der Waals surface area contributed by atoms with Crippen molar-refractivity contribution >= 4 is 35.2 Å². The number of alkyl halides is 3. The van der Waals surface area contributed by atoms with Crippen LogP contribution in [0.3, 0.4) is 0 Å². The van der Waals surface area contributed by atoms with Crippen molar-refractivity contribution in [2.24, 2.45) is 4.99 Å². The van der Waals surface area contributed by atoms with E-state index in [4.69, 9.17) is 22.4 Å². The third-order valence-corrected chi connectivity index (χ3v) is 5.68. The predicted octanol–water partition coefficient (Wildman–Crippen LogP) is 2.45. The van der Waals surface area contributed by atoms with Gasteiger partial charge in [0.05, 0.1) is 22.7 Å². The number of carbonyl (C=O) groups is 2. The van der Waals surface area contributed by atoms with E-state index in [9.17, 15) is 27.9 Å². The van der Waals surface area contributed by atoms with Crippen LogP contribution in [0.1, 0.15) is 31.7 Å². The number of hydrogen-bond donors (Lipinski definition) is 4. The molecule has 2 aliphatic rings. The monoisotopic (exact) mass is 434 g/mol. The van der Waals surface area contributed by atoms with E-state index in [0.717, 1.165) is 4.90 Å². The molecular formula is C17H18ClF3N4O4. The summed E-state index contributed by atoms with van der Waals surface area (Å²) in [4.78, 5) is 28.2. The van der Waals surface area contributed by atoms with Crippen LogP contribution in [0.4, 0.5) is 23.7 Å². The number of aliphatic hydroxyl groups is 1. The van der Waals surface area contributed by atoms with Gasteiger partial charge in [-0.2, -0.15) is 13.2 Å². The summed E-state index contributed by atoms with van der Waals surface area (Å²) in [6, 6.07) is 3.69. The summed E-state index contributed by atoms with van der Waals surface area (Å²) in [5.74, 6) is -1.08. The topological polar surface area (TPSA) is 128 Å². The van der Waals surface area contributed by atoms with Crippen LogP contribution in [-0.4, -0.2) is 50.9 Å². The average Bonchev–Trinajstić information content (AvgIpc) is 2.53. The molecule has 1 saturated carbocycles. The van der Waals surface area contributed by atoms with Crippen LogP contribution >= 0.6 is 11.6 Å². The van der Waals surface area contributed by atoms with Crippen molar-refractivity contribution in [3.05, 3.63) is 28.8 Å². The molecule has 29 heavy (non-hydrogen) atoms. The van der Waals surface area contributed by atoms with Crippen molar-refractivity contribution in [1.82, 2.24) is 10.2 Å². The lowest BCUT2D eigenvalue weighted by Gasteiger charge is -2.52. The number of nitrogens with one attached hydrogen (secondary N) is 1. The van der Waals surface area contributed by atoms with E-state index in [2.05, 4.69) is 10.3 Å². The normalized spacial score (nSPS) is 31.4. The van der Waals surface area contributed by atoms with Crippen LogP contribution in [-0.2, 0) is 10.3 Å². The van der Waals surface area contributed by atoms with Gasteiger partial charge in [-0.15, -0.1) is 4.99 Å². The van der Waals surface area contributed by atoms with E-state index in [1.54, 1.807) is 25.1 Å². The van der Waals surface area contributed by atoms with E-state index >= 15 is 0 Å². The number of rotatable bonds is 2. The molecule has 1 aliphatic carbocycles. The standard InChI is InChI=1S/C17H18ClF3N4O4/c1-15(9-3-2-4-10(22)12(9)18)7-11(26)25(13(24-15)23-14(27)28)8-5-16(29,6-8)17(19,20)21/h2-4,8,29H,5-7,22H2,1H3,(H,23,24)(H,27,28)/t8?,15-,16?/m0/s1. The van der Waals surface area contributed by atoms with Gasteiger partial charge in [-0.05, 0) is 18.6 Å². The van der Waals surface area contributed by atoms with Gasteiger partial charge in [0.2, 0.25) is 11.9 Å². The summed E-state index contributed by atoms with van der Waals surface area (Å²) in [5, 5.41) is 21.7. The first-order valence-corrected chi connectivity index (χ1v) is 8.91. The number of hydrogen-bond acceptors (Lipinski definition) is 4. The Morgan fingerprint density at radius 1 is 1.41 bits per heavy atom. The fourth-order valence-electron chi connectivity index (χ4n) is 3.68. The zero-order valence-corrected chi connectivity index (χ0v) is 15.9. The Hall–Kier alpha value is -2.53. The quantitative estimate of drug-likeness (QED) is 0.529. The molecule has 0 unspecified atom stereocenters. The summed E-state index contributed by atoms with van der Waals surface area (Å²) in [7, 11) is 0. The lowest BCUT2D eigenvalue weighted by Crippen LogP contribution is -2.69. The molecule has 1 aromatic rings. The van der Waals surface area contributed by atoms with Gasteiger partial charge < -0.3 is 21.3 Å². The highest BCUT2D eigenvalue weighted by molar-refractivity contribution is 6.34. The smallest absolute Gasteiger partial charge is 0.434 e. The summed E-state index contributed by atoms with van der Waals surface area (Å²) in [6.07, 6.45) is -8.30. The second kappa shape index (κ2) is 6.77. The molecule has 1 saturated heterocycles. The predicted molar refractivity (Wildman–Crippen MR) is 97.3 cm³/mol. The summed E-state index contributed by atoms with van der Waals surface area (Å²) >= 11 is 6.24. The minimum absolute atomic E-state index is 0.161. The summed E-state index contributed by atoms with van der Waals surface area (Å²) in [5.41, 5.74) is 2.33. The van der Waals surface area contributed by atoms with Gasteiger partial charge in [0.1, 0.15) is 0 Å². The molecule has 3 rings (SSSR count). The molecular weight excluding hydrogens is 417 g/mol. The van der Waals surface area contributed by atoms with E-state index in [1.807, 2.05) is 0 Å². The molecule has 0 aromatic heterocycles. The molecule has 5 N–H and O–H groups in total. The van der Waals surface area contributed by atoms with Gasteiger partial charge >= 0.3 is 12.3 Å². The number of guanidine groups is 1. The van der Waals surface area contributed by atoms with Crippen molar-refractivity contribution in [1.29, 1.82) is 0 Å². The molecule has 158 valence electrons. The molecule has 0 bridgehead atoms. The van der Waals surface area contributed by atoms with Crippen molar-refractivity contribution in [2.75, 3.05) is 5.73 Å². The molecule has 8 nitrogen and oxygen atoms in total. The molecule has 2 amide bonds. The Labute approximate surface area is 168 Å². The average molecular weight is 435 g/mol. The van der Waals surface area contributed by atoms with E-state index in [0.29, 0.717) is 5.56 Å². The first kappa shape index (κ1) is 21.2. The maximum Gasteiger partial charge on any atom is 0.434 e. The van der Waals surface area contributed by atoms with Gasteiger partial charge in [0, 0.05) is 18.9 Å². The molecule has 12 heteroatoms. The fourth-order valence-corrected chi connectivity index (χ4v) is 4.01. The highest BCUT2D eigenvalue weighted by Crippen LogP contribution is 2.48. The Balaban J connectivity index is 1.94. The molecule has 0 radical (unpaired) electrons. The van der Waals surface area contributed by atoms with Crippen molar-refractivity contribution in [3.63, 3.8) is 0 Å². The number of aliphatic imine (C=N–C) groups is 1. The Kier molecular flexibility index (Phi) is 4.94. The number of nitrogens with two attached hydrogens (primary N) is 1. The number of anilines is 1. The molecule has 0 spiro atoms. The number of carboxylic acid groups (broad SMARTS) is 1. The van der Waals surface area contributed by atoms with Crippen LogP contribution in [0.25, 0.3) is 0 Å². The second-order valence-electron chi connectivity index (χ2n) is 7.42. The maximum absolute atomic E-state index is 12.9. The van der Waals surface area contributed by atoms with Crippen LogP contribution < -0.4 is 11.1 Å². The van der Waals surface area contributed by atoms with Crippen LogP contribution in [0.2, 0.25) is 5.02 Å². The van der Waals surface area contributed by atoms with Crippen molar-refractivity contribution in [3.8, 4) is 0 Å². The van der Waals surface area contributed by atoms with Crippen LogP contribution in [0.5, 0.6) is 0 Å². The Morgan fingerprint density at radius 3 is 2.59 bits per heavy atom. The van der Waals surface area contributed by atoms with Gasteiger partial charge in [-0.25, -0.2) is 4.79 Å². The number of carbonyl (C=O) groups excluding carboxylic acids is 1. The number of halogens is 4. The zero-order valence-electron chi connectivity index (χ0n) is 15.1. The fraction of sp³-hybridized carbons (Fsp3) is 0.471. The molecule has 1 aromatic carbocycles. The molecule has 1 atom stereocenters. The van der Waals surface area contributed by atoms with Gasteiger partial charge in [0.25, 0.3) is 0 Å². The second-order valence-corrected chi connectivity index (χ2v) is 7.79. The number of benzene rings is 1. The number of amides is 2. The SMILES string of the molecule is C[C@@]1(c2cccc(N)c2Cl)CC(=O)N(C2CC(O)(C(F)(F)F)C2)/C(=N/C(=O)O)N1. The minimum atomic E-state index is -4.86. The largest absolute Gasteiger partial charge is 0.463 e. The lowest BCUT2D eigenvalue weighted by atomic mass is 9.73. The third kappa shape index (κ3) is 3.60. The summed E-state index contributed by atoms with van der Waals surface area (Å²) < 4.78 is 38.8. The first-order valence-electron chi connectivity index (χ1n) is 8.53. The Morgan fingerprint density at radius 2 is 2.03 bits per heavy atom. The molecule has 2 fully saturated rings. The zero-order chi connectivity index (χ0) is 21.8. The number of nitrogen functional groups attached to an aromatic ring is 1. The number of nitrogens with zero attached hydrogens (tertiary/aromatic N) is 2. The first-order chi connectivity index (χ1) is 13.3. The van der Waals surface area contributed by atoms with E-state index < -0.39 is 54.2 Å². The molecule has 1 aliphatic heterocycles.